The van der Waals surface area contributed by atoms with Gasteiger partial charge < -0.3 is 0 Å². The van der Waals surface area contributed by atoms with Crippen LogP contribution in [0.5, 0.6) is 0 Å². The summed E-state index contributed by atoms with van der Waals surface area (Å²) in [6.07, 6.45) is 6.67. The quantitative estimate of drug-likeness (QED) is 0.663. The van der Waals surface area contributed by atoms with Gasteiger partial charge in [0.15, 0.2) is 0 Å². The Labute approximate surface area is 103 Å². The van der Waals surface area contributed by atoms with Crippen LogP contribution in [0.4, 0.5) is 0 Å². The van der Waals surface area contributed by atoms with Crippen molar-refractivity contribution >= 4 is 16.2 Å². The van der Waals surface area contributed by atoms with E-state index in [0.29, 0.717) is 0 Å². The first-order valence-electron chi connectivity index (χ1n) is 5.31. The zero-order valence-corrected chi connectivity index (χ0v) is 10.9. The lowest BCUT2D eigenvalue weighted by Crippen LogP contribution is -1.88. The first-order valence-corrected chi connectivity index (χ1v) is 6.81. The lowest BCUT2D eigenvalue weighted by molar-refractivity contribution is 0.494. The molecule has 1 rings (SSSR count). The van der Waals surface area contributed by atoms with Crippen LogP contribution >= 0.6 is 0 Å². The molecular formula is C13H18O3S. The largest absolute Gasteiger partial charge is 0.287 e. The maximum Gasteiger partial charge on any atom is 0.287 e. The van der Waals surface area contributed by atoms with E-state index < -0.39 is 10.1 Å². The van der Waals surface area contributed by atoms with Crippen LogP contribution in [-0.2, 0) is 10.1 Å². The van der Waals surface area contributed by atoms with Gasteiger partial charge in [-0.05, 0) is 25.0 Å². The molecular weight excluding hydrogens is 236 g/mol. The van der Waals surface area contributed by atoms with Crippen LogP contribution in [0.15, 0.2) is 47.9 Å². The molecule has 0 bridgehead atoms. The third-order valence-electron chi connectivity index (χ3n) is 1.70. The second-order valence-electron chi connectivity index (χ2n) is 3.21. The number of hydrogen-bond acceptors (Lipinski definition) is 2. The van der Waals surface area contributed by atoms with Crippen LogP contribution in [-0.4, -0.2) is 13.0 Å². The average molecular weight is 254 g/mol. The van der Waals surface area contributed by atoms with Crippen molar-refractivity contribution in [2.45, 2.75) is 20.3 Å². The topological polar surface area (TPSA) is 54.4 Å². The van der Waals surface area contributed by atoms with Gasteiger partial charge in [0.05, 0.1) is 5.41 Å². The normalized spacial score (nSPS) is 11.5. The van der Waals surface area contributed by atoms with Gasteiger partial charge >= 0.3 is 0 Å². The summed E-state index contributed by atoms with van der Waals surface area (Å²) in [7, 11) is -4.00. The molecule has 94 valence electrons. The third-order valence-corrected chi connectivity index (χ3v) is 2.18. The lowest BCUT2D eigenvalue weighted by atomic mass is 10.2. The minimum atomic E-state index is -4.00. The highest BCUT2D eigenvalue weighted by atomic mass is 32.2. The SMILES string of the molecule is CC=CCC.O=S(=O)(O)C=Cc1ccccc1. The molecule has 0 radical (unpaired) electrons. The molecule has 3 nitrogen and oxygen atoms in total. The van der Waals surface area contributed by atoms with Crippen molar-refractivity contribution in [2.75, 3.05) is 0 Å². The summed E-state index contributed by atoms with van der Waals surface area (Å²) in [5, 5.41) is 0.752. The van der Waals surface area contributed by atoms with Crippen LogP contribution in [0.25, 0.3) is 6.08 Å². The molecule has 0 atom stereocenters. The maximum absolute atomic E-state index is 10.3. The highest BCUT2D eigenvalue weighted by molar-refractivity contribution is 7.88. The fraction of sp³-hybridized carbons (Fsp3) is 0.231. The predicted molar refractivity (Wildman–Crippen MR) is 72.1 cm³/mol. The molecule has 0 heterocycles. The van der Waals surface area contributed by atoms with Gasteiger partial charge in [0, 0.05) is 0 Å². The number of hydrogen-bond donors (Lipinski definition) is 1. The van der Waals surface area contributed by atoms with E-state index in [4.69, 9.17) is 4.55 Å². The fourth-order valence-electron chi connectivity index (χ4n) is 0.964. The van der Waals surface area contributed by atoms with E-state index in [-0.39, 0.29) is 0 Å². The van der Waals surface area contributed by atoms with Gasteiger partial charge in [-0.1, -0.05) is 49.4 Å². The van der Waals surface area contributed by atoms with Crippen molar-refractivity contribution in [1.82, 2.24) is 0 Å². The van der Waals surface area contributed by atoms with Gasteiger partial charge in [0.25, 0.3) is 10.1 Å². The summed E-state index contributed by atoms with van der Waals surface area (Å²) >= 11 is 0. The molecule has 1 aromatic rings. The smallest absolute Gasteiger partial charge is 0.282 e. The fourth-order valence-corrected chi connectivity index (χ4v) is 1.29. The maximum atomic E-state index is 10.3. The summed E-state index contributed by atoms with van der Waals surface area (Å²) in [6.45, 7) is 4.16. The summed E-state index contributed by atoms with van der Waals surface area (Å²) in [5.74, 6) is 0. The molecule has 0 aliphatic rings. The van der Waals surface area contributed by atoms with Gasteiger partial charge in [-0.3, -0.25) is 4.55 Å². The summed E-state index contributed by atoms with van der Waals surface area (Å²) in [5.41, 5.74) is 0.732. The van der Waals surface area contributed by atoms with Gasteiger partial charge in [-0.2, -0.15) is 8.42 Å². The molecule has 1 N–H and O–H groups in total. The minimum Gasteiger partial charge on any atom is -0.282 e. The number of rotatable bonds is 3. The summed E-state index contributed by atoms with van der Waals surface area (Å²) < 4.78 is 28.9. The van der Waals surface area contributed by atoms with Crippen LogP contribution < -0.4 is 0 Å². The Hall–Kier alpha value is -1.39. The first-order chi connectivity index (χ1) is 7.99. The predicted octanol–water partition coefficient (Wildman–Crippen LogP) is 3.52. The summed E-state index contributed by atoms with van der Waals surface area (Å²) in [4.78, 5) is 0. The molecule has 0 unspecified atom stereocenters. The Bertz CT molecular complexity index is 445. The monoisotopic (exact) mass is 254 g/mol. The zero-order valence-electron chi connectivity index (χ0n) is 10.1. The Kier molecular flexibility index (Phi) is 8.01. The van der Waals surface area contributed by atoms with Gasteiger partial charge in [-0.25, -0.2) is 0 Å². The highest BCUT2D eigenvalue weighted by Gasteiger charge is 1.94. The van der Waals surface area contributed by atoms with E-state index in [9.17, 15) is 8.42 Å². The molecule has 1 aromatic carbocycles. The van der Waals surface area contributed by atoms with Crippen molar-refractivity contribution in [3.05, 3.63) is 53.5 Å². The van der Waals surface area contributed by atoms with Crippen LogP contribution in [0.2, 0.25) is 0 Å². The zero-order chi connectivity index (χ0) is 13.1. The average Bonchev–Trinajstić information content (AvgIpc) is 2.29. The highest BCUT2D eigenvalue weighted by Crippen LogP contribution is 2.01. The van der Waals surface area contributed by atoms with Gasteiger partial charge in [0.1, 0.15) is 0 Å². The summed E-state index contributed by atoms with van der Waals surface area (Å²) in [6, 6.07) is 8.86. The standard InChI is InChI=1S/C8H8O3S.C5H10/c9-12(10,11)7-6-8-4-2-1-3-5-8;1-3-5-4-2/h1-7H,(H,9,10,11);3,5H,4H2,1-2H3. The van der Waals surface area contributed by atoms with Crippen molar-refractivity contribution in [1.29, 1.82) is 0 Å². The molecule has 0 saturated carbocycles. The van der Waals surface area contributed by atoms with Gasteiger partial charge in [0.2, 0.25) is 0 Å². The minimum absolute atomic E-state index is 0.732. The van der Waals surface area contributed by atoms with Gasteiger partial charge in [-0.15, -0.1) is 0 Å². The van der Waals surface area contributed by atoms with Crippen LogP contribution in [0.1, 0.15) is 25.8 Å². The van der Waals surface area contributed by atoms with Crippen molar-refractivity contribution in [2.24, 2.45) is 0 Å². The van der Waals surface area contributed by atoms with Crippen LogP contribution in [0, 0.1) is 0 Å². The van der Waals surface area contributed by atoms with Crippen LogP contribution in [0.3, 0.4) is 0 Å². The molecule has 0 aliphatic heterocycles. The second-order valence-corrected chi connectivity index (χ2v) is 4.51. The molecule has 0 amide bonds. The molecule has 0 saturated heterocycles. The van der Waals surface area contributed by atoms with E-state index in [1.807, 2.05) is 13.0 Å². The Morgan fingerprint density at radius 1 is 1.24 bits per heavy atom. The van der Waals surface area contributed by atoms with Crippen molar-refractivity contribution in [3.63, 3.8) is 0 Å². The molecule has 0 aliphatic carbocycles. The lowest BCUT2D eigenvalue weighted by Gasteiger charge is -1.89. The molecule has 0 fully saturated rings. The Morgan fingerprint density at radius 2 is 1.82 bits per heavy atom. The van der Waals surface area contributed by atoms with E-state index in [1.165, 1.54) is 6.08 Å². The van der Waals surface area contributed by atoms with E-state index >= 15 is 0 Å². The Balaban J connectivity index is 0.000000437. The van der Waals surface area contributed by atoms with E-state index in [2.05, 4.69) is 19.1 Å². The molecule has 17 heavy (non-hydrogen) atoms. The molecule has 0 spiro atoms. The Morgan fingerprint density at radius 3 is 2.18 bits per heavy atom. The van der Waals surface area contributed by atoms with Crippen molar-refractivity contribution < 1.29 is 13.0 Å². The first kappa shape index (κ1) is 15.6. The van der Waals surface area contributed by atoms with E-state index in [1.54, 1.807) is 24.3 Å². The van der Waals surface area contributed by atoms with E-state index in [0.717, 1.165) is 17.4 Å². The number of allylic oxidation sites excluding steroid dienone is 2. The van der Waals surface area contributed by atoms with Crippen molar-refractivity contribution in [3.8, 4) is 0 Å². The number of benzene rings is 1. The second kappa shape index (κ2) is 8.73. The molecule has 4 heteroatoms. The third kappa shape index (κ3) is 10.9. The molecule has 0 aromatic heterocycles.